The minimum absolute atomic E-state index is 0.146. The maximum Gasteiger partial charge on any atom is 0.277 e. The van der Waals surface area contributed by atoms with Gasteiger partial charge in [0.25, 0.3) is 5.91 Å². The number of Topliss-reactive ketones (excluding diaryl/α,β-unsaturated/α-hetero) is 1. The van der Waals surface area contributed by atoms with E-state index in [9.17, 15) is 9.59 Å². The molecule has 3 N–H and O–H groups in total. The van der Waals surface area contributed by atoms with E-state index in [1.807, 2.05) is 0 Å². The molecule has 0 saturated heterocycles. The molecule has 2 heterocycles. The first kappa shape index (κ1) is 12.2. The fraction of sp³-hybridized carbons (Fsp3) is 0.200. The molecule has 2 aromatic rings. The number of thiazole rings is 1. The lowest BCUT2D eigenvalue weighted by Gasteiger charge is -2.02. The molecule has 2 aromatic heterocycles. The minimum Gasteiger partial charge on any atom is -0.396 e. The van der Waals surface area contributed by atoms with Crippen molar-refractivity contribution in [3.05, 3.63) is 23.0 Å². The molecule has 2 rings (SSSR count). The molecule has 0 saturated carbocycles. The van der Waals surface area contributed by atoms with Gasteiger partial charge in [-0.1, -0.05) is 0 Å². The van der Waals surface area contributed by atoms with Gasteiger partial charge in [0.1, 0.15) is 11.4 Å². The van der Waals surface area contributed by atoms with E-state index in [0.717, 1.165) is 0 Å². The van der Waals surface area contributed by atoms with E-state index in [1.165, 1.54) is 29.1 Å². The number of carbonyl (C=O) groups excluding carboxylic acids is 2. The average Bonchev–Trinajstić information content (AvgIpc) is 2.86. The number of nitrogens with zero attached hydrogens (tertiary/aromatic N) is 3. The van der Waals surface area contributed by atoms with Crippen molar-refractivity contribution in [2.45, 2.75) is 6.92 Å². The van der Waals surface area contributed by atoms with E-state index in [2.05, 4.69) is 15.4 Å². The van der Waals surface area contributed by atoms with Crippen LogP contribution in [-0.2, 0) is 7.05 Å². The van der Waals surface area contributed by atoms with Crippen LogP contribution in [0.4, 0.5) is 10.8 Å². The fourth-order valence-corrected chi connectivity index (χ4v) is 2.13. The zero-order chi connectivity index (χ0) is 13.3. The third kappa shape index (κ3) is 2.23. The lowest BCUT2D eigenvalue weighted by atomic mass is 10.3. The van der Waals surface area contributed by atoms with Gasteiger partial charge in [0.15, 0.2) is 10.9 Å². The highest BCUT2D eigenvalue weighted by atomic mass is 32.1. The zero-order valence-electron chi connectivity index (χ0n) is 9.80. The third-order valence-corrected chi connectivity index (χ3v) is 3.03. The molecule has 0 aliphatic rings. The van der Waals surface area contributed by atoms with Crippen LogP contribution < -0.4 is 11.1 Å². The smallest absolute Gasteiger partial charge is 0.277 e. The molecule has 0 radical (unpaired) electrons. The molecule has 94 valence electrons. The van der Waals surface area contributed by atoms with Gasteiger partial charge in [0, 0.05) is 19.4 Å². The SMILES string of the molecule is CC(=O)c1csc(NC(=O)c2c(N)cnn2C)n1. The molecule has 8 heteroatoms. The van der Waals surface area contributed by atoms with E-state index in [0.29, 0.717) is 16.5 Å². The van der Waals surface area contributed by atoms with Gasteiger partial charge < -0.3 is 5.73 Å². The van der Waals surface area contributed by atoms with Crippen molar-refractivity contribution in [1.29, 1.82) is 0 Å². The van der Waals surface area contributed by atoms with Crippen molar-refractivity contribution in [2.24, 2.45) is 7.05 Å². The van der Waals surface area contributed by atoms with Gasteiger partial charge in [-0.25, -0.2) is 4.98 Å². The highest BCUT2D eigenvalue weighted by Gasteiger charge is 2.16. The Balaban J connectivity index is 2.19. The van der Waals surface area contributed by atoms with E-state index >= 15 is 0 Å². The van der Waals surface area contributed by atoms with E-state index in [-0.39, 0.29) is 11.5 Å². The van der Waals surface area contributed by atoms with Crippen LogP contribution in [0, 0.1) is 0 Å². The number of nitrogens with one attached hydrogen (secondary N) is 1. The van der Waals surface area contributed by atoms with Crippen molar-refractivity contribution in [3.8, 4) is 0 Å². The van der Waals surface area contributed by atoms with Gasteiger partial charge in [-0.05, 0) is 0 Å². The van der Waals surface area contributed by atoms with Crippen LogP contribution in [0.5, 0.6) is 0 Å². The molecule has 0 unspecified atom stereocenters. The van der Waals surface area contributed by atoms with Crippen LogP contribution >= 0.6 is 11.3 Å². The summed E-state index contributed by atoms with van der Waals surface area (Å²) < 4.78 is 1.38. The molecular formula is C10H11N5O2S. The Kier molecular flexibility index (Phi) is 3.11. The van der Waals surface area contributed by atoms with Crippen LogP contribution in [0.15, 0.2) is 11.6 Å². The number of amides is 1. The van der Waals surface area contributed by atoms with Crippen molar-refractivity contribution in [1.82, 2.24) is 14.8 Å². The number of nitrogen functional groups attached to an aromatic ring is 1. The maximum absolute atomic E-state index is 11.9. The third-order valence-electron chi connectivity index (χ3n) is 2.27. The molecule has 1 amide bonds. The van der Waals surface area contributed by atoms with Crippen LogP contribution in [0.2, 0.25) is 0 Å². The number of anilines is 2. The summed E-state index contributed by atoms with van der Waals surface area (Å²) in [6, 6.07) is 0. The van der Waals surface area contributed by atoms with Crippen molar-refractivity contribution in [3.63, 3.8) is 0 Å². The Morgan fingerprint density at radius 1 is 1.50 bits per heavy atom. The lowest BCUT2D eigenvalue weighted by molar-refractivity contribution is 0.100. The first-order valence-corrected chi connectivity index (χ1v) is 5.92. The summed E-state index contributed by atoms with van der Waals surface area (Å²) in [5, 5.41) is 8.39. The molecule has 7 nitrogen and oxygen atoms in total. The summed E-state index contributed by atoms with van der Waals surface area (Å²) in [6.45, 7) is 1.42. The van der Waals surface area contributed by atoms with Crippen LogP contribution in [0.25, 0.3) is 0 Å². The summed E-state index contributed by atoms with van der Waals surface area (Å²) in [5.74, 6) is -0.552. The number of rotatable bonds is 3. The summed E-state index contributed by atoms with van der Waals surface area (Å²) >= 11 is 1.18. The fourth-order valence-electron chi connectivity index (χ4n) is 1.38. The second kappa shape index (κ2) is 4.57. The standard InChI is InChI=1S/C10H11N5O2S/c1-5(16)7-4-18-10(13-7)14-9(17)8-6(11)3-12-15(8)2/h3-4H,11H2,1-2H3,(H,13,14,17). The molecule has 18 heavy (non-hydrogen) atoms. The predicted molar refractivity (Wildman–Crippen MR) is 67.7 cm³/mol. The van der Waals surface area contributed by atoms with Crippen LogP contribution in [-0.4, -0.2) is 26.5 Å². The molecule has 0 spiro atoms. The number of carbonyl (C=O) groups is 2. The first-order valence-electron chi connectivity index (χ1n) is 5.04. The van der Waals surface area contributed by atoms with Crippen molar-refractivity contribution >= 4 is 33.8 Å². The normalized spacial score (nSPS) is 10.3. The Morgan fingerprint density at radius 3 is 2.72 bits per heavy atom. The second-order valence-corrected chi connectivity index (χ2v) is 4.48. The number of hydrogen-bond acceptors (Lipinski definition) is 6. The molecule has 0 aromatic carbocycles. The Morgan fingerprint density at radius 2 is 2.22 bits per heavy atom. The van der Waals surface area contributed by atoms with Gasteiger partial charge in [-0.15, -0.1) is 11.3 Å². The number of nitrogens with two attached hydrogens (primary N) is 1. The zero-order valence-corrected chi connectivity index (χ0v) is 10.6. The average molecular weight is 265 g/mol. The Labute approximate surface area is 107 Å². The van der Waals surface area contributed by atoms with E-state index in [4.69, 9.17) is 5.73 Å². The van der Waals surface area contributed by atoms with E-state index in [1.54, 1.807) is 12.4 Å². The minimum atomic E-state index is -0.406. The molecule has 0 atom stereocenters. The van der Waals surface area contributed by atoms with Crippen LogP contribution in [0.1, 0.15) is 27.9 Å². The highest BCUT2D eigenvalue weighted by molar-refractivity contribution is 7.14. The summed E-state index contributed by atoms with van der Waals surface area (Å²) in [4.78, 5) is 27.0. The first-order chi connectivity index (χ1) is 8.49. The molecule has 0 aliphatic carbocycles. The van der Waals surface area contributed by atoms with Crippen molar-refractivity contribution < 1.29 is 9.59 Å². The number of aryl methyl sites for hydroxylation is 1. The lowest BCUT2D eigenvalue weighted by Crippen LogP contribution is -2.17. The monoisotopic (exact) mass is 265 g/mol. The van der Waals surface area contributed by atoms with Gasteiger partial charge in [0.2, 0.25) is 0 Å². The molecular weight excluding hydrogens is 254 g/mol. The summed E-state index contributed by atoms with van der Waals surface area (Å²) in [7, 11) is 1.62. The predicted octanol–water partition coefficient (Wildman–Crippen LogP) is 0.914. The van der Waals surface area contributed by atoms with Gasteiger partial charge >= 0.3 is 0 Å². The maximum atomic E-state index is 11.9. The summed E-state index contributed by atoms with van der Waals surface area (Å²) in [6.07, 6.45) is 1.40. The number of hydrogen-bond donors (Lipinski definition) is 2. The molecule has 0 aliphatic heterocycles. The highest BCUT2D eigenvalue weighted by Crippen LogP contribution is 2.18. The van der Waals surface area contributed by atoms with E-state index < -0.39 is 5.91 Å². The Bertz CT molecular complexity index is 596. The molecule has 0 bridgehead atoms. The van der Waals surface area contributed by atoms with Crippen molar-refractivity contribution in [2.75, 3.05) is 11.1 Å². The summed E-state index contributed by atoms with van der Waals surface area (Å²) in [5.41, 5.74) is 6.51. The van der Waals surface area contributed by atoms with Crippen LogP contribution in [0.3, 0.4) is 0 Å². The topological polar surface area (TPSA) is 103 Å². The quantitative estimate of drug-likeness (QED) is 0.803. The van der Waals surface area contributed by atoms with Gasteiger partial charge in [-0.2, -0.15) is 5.10 Å². The number of aromatic nitrogens is 3. The Hall–Kier alpha value is -2.22. The molecule has 0 fully saturated rings. The second-order valence-electron chi connectivity index (χ2n) is 3.62. The number of ketones is 1. The van der Waals surface area contributed by atoms with Gasteiger partial charge in [-0.3, -0.25) is 19.6 Å². The largest absolute Gasteiger partial charge is 0.396 e. The van der Waals surface area contributed by atoms with Gasteiger partial charge in [0.05, 0.1) is 11.9 Å².